The molecule has 0 aliphatic rings. The van der Waals surface area contributed by atoms with Gasteiger partial charge in [0.15, 0.2) is 11.5 Å². The molecule has 0 atom stereocenters. The van der Waals surface area contributed by atoms with Crippen molar-refractivity contribution < 1.29 is 4.79 Å². The van der Waals surface area contributed by atoms with Crippen molar-refractivity contribution in [2.75, 3.05) is 5.32 Å². The molecule has 3 heterocycles. The normalized spacial score (nSPS) is 10.9. The van der Waals surface area contributed by atoms with Gasteiger partial charge in [0.25, 0.3) is 5.91 Å². The zero-order valence-corrected chi connectivity index (χ0v) is 14.8. The Morgan fingerprint density at radius 3 is 2.67 bits per heavy atom. The van der Waals surface area contributed by atoms with Crippen LogP contribution in [0.2, 0.25) is 0 Å². The van der Waals surface area contributed by atoms with Crippen molar-refractivity contribution in [3.05, 3.63) is 65.8 Å². The number of tetrazole rings is 1. The lowest BCUT2D eigenvalue weighted by atomic mass is 10.2. The van der Waals surface area contributed by atoms with Crippen molar-refractivity contribution in [3.8, 4) is 5.69 Å². The van der Waals surface area contributed by atoms with Crippen LogP contribution in [0.4, 0.5) is 5.69 Å². The summed E-state index contributed by atoms with van der Waals surface area (Å²) >= 11 is 0. The Labute approximate surface area is 154 Å². The Bertz CT molecular complexity index is 1060. The Hall–Kier alpha value is -3.82. The maximum atomic E-state index is 12.4. The molecule has 0 saturated heterocycles. The van der Waals surface area contributed by atoms with Crippen LogP contribution in [0.15, 0.2) is 42.9 Å². The highest BCUT2D eigenvalue weighted by Gasteiger charge is 2.11. The molecule has 27 heavy (non-hydrogen) atoms. The van der Waals surface area contributed by atoms with Gasteiger partial charge in [-0.05, 0) is 44.2 Å². The number of nitrogens with zero attached hydrogens (tertiary/aromatic N) is 7. The number of hydrogen-bond donors (Lipinski definition) is 2. The number of carbonyl (C=O) groups is 1. The van der Waals surface area contributed by atoms with Gasteiger partial charge in [0.1, 0.15) is 6.54 Å². The highest BCUT2D eigenvalue weighted by molar-refractivity contribution is 6.02. The van der Waals surface area contributed by atoms with Crippen LogP contribution in [0, 0.1) is 13.8 Å². The number of benzene rings is 1. The van der Waals surface area contributed by atoms with E-state index in [4.69, 9.17) is 0 Å². The van der Waals surface area contributed by atoms with Gasteiger partial charge in [-0.1, -0.05) is 5.21 Å². The number of rotatable bonds is 5. The SMILES string of the molecule is Cc1ncn(-c2ccc(NC(=O)c3ccn(Cc4nn[nH]n4)n3)cc2)c1C. The lowest BCUT2D eigenvalue weighted by Gasteiger charge is -2.08. The van der Waals surface area contributed by atoms with E-state index in [1.807, 2.05) is 42.7 Å². The summed E-state index contributed by atoms with van der Waals surface area (Å²) in [7, 11) is 0. The summed E-state index contributed by atoms with van der Waals surface area (Å²) in [6.45, 7) is 4.32. The molecule has 136 valence electrons. The van der Waals surface area contributed by atoms with E-state index in [9.17, 15) is 4.79 Å². The number of imidazole rings is 1. The van der Waals surface area contributed by atoms with E-state index in [1.54, 1.807) is 23.3 Å². The fraction of sp³-hybridized carbons (Fsp3) is 0.176. The average molecular weight is 363 g/mol. The molecule has 0 fully saturated rings. The molecule has 0 saturated carbocycles. The van der Waals surface area contributed by atoms with Gasteiger partial charge in [0.05, 0.1) is 12.0 Å². The second-order valence-corrected chi connectivity index (χ2v) is 6.01. The van der Waals surface area contributed by atoms with E-state index in [1.165, 1.54) is 0 Å². The van der Waals surface area contributed by atoms with Crippen LogP contribution in [-0.2, 0) is 6.54 Å². The highest BCUT2D eigenvalue weighted by Crippen LogP contribution is 2.17. The summed E-state index contributed by atoms with van der Waals surface area (Å²) in [6.07, 6.45) is 3.48. The Kier molecular flexibility index (Phi) is 4.21. The van der Waals surface area contributed by atoms with E-state index in [2.05, 4.69) is 36.0 Å². The molecular weight excluding hydrogens is 346 g/mol. The molecule has 1 aromatic carbocycles. The predicted octanol–water partition coefficient (Wildman–Crippen LogP) is 1.50. The summed E-state index contributed by atoms with van der Waals surface area (Å²) < 4.78 is 3.58. The minimum Gasteiger partial charge on any atom is -0.321 e. The quantitative estimate of drug-likeness (QED) is 0.554. The summed E-state index contributed by atoms with van der Waals surface area (Å²) in [5.41, 5.74) is 4.05. The minimum atomic E-state index is -0.288. The summed E-state index contributed by atoms with van der Waals surface area (Å²) in [4.78, 5) is 16.7. The number of amides is 1. The van der Waals surface area contributed by atoms with E-state index in [0.29, 0.717) is 23.8 Å². The predicted molar refractivity (Wildman–Crippen MR) is 96.5 cm³/mol. The first-order chi connectivity index (χ1) is 13.1. The standard InChI is InChI=1S/C17H17N9O/c1-11-12(2)26(10-18-11)14-5-3-13(4-6-14)19-17(27)15-7-8-25(22-15)9-16-20-23-24-21-16/h3-8,10H,9H2,1-2H3,(H,19,27)(H,20,21,23,24). The summed E-state index contributed by atoms with van der Waals surface area (Å²) in [6, 6.07) is 9.19. The van der Waals surface area contributed by atoms with Crippen molar-refractivity contribution >= 4 is 11.6 Å². The molecule has 1 amide bonds. The van der Waals surface area contributed by atoms with E-state index >= 15 is 0 Å². The maximum absolute atomic E-state index is 12.4. The molecule has 0 aliphatic carbocycles. The lowest BCUT2D eigenvalue weighted by Crippen LogP contribution is -2.13. The molecule has 4 aromatic rings. The molecule has 10 heteroatoms. The molecule has 4 rings (SSSR count). The maximum Gasteiger partial charge on any atom is 0.276 e. The molecule has 0 unspecified atom stereocenters. The van der Waals surface area contributed by atoms with Gasteiger partial charge in [-0.15, -0.1) is 10.2 Å². The molecule has 0 bridgehead atoms. The fourth-order valence-electron chi connectivity index (χ4n) is 2.62. The zero-order chi connectivity index (χ0) is 18.8. The topological polar surface area (TPSA) is 119 Å². The van der Waals surface area contributed by atoms with Crippen molar-refractivity contribution in [1.82, 2.24) is 40.0 Å². The first-order valence-electron chi connectivity index (χ1n) is 8.28. The van der Waals surface area contributed by atoms with Crippen LogP contribution in [0.1, 0.15) is 27.7 Å². The number of carbonyl (C=O) groups excluding carboxylic acids is 1. The van der Waals surface area contributed by atoms with Crippen molar-refractivity contribution in [1.29, 1.82) is 0 Å². The number of anilines is 1. The number of aryl methyl sites for hydroxylation is 1. The van der Waals surface area contributed by atoms with Gasteiger partial charge in [0.2, 0.25) is 0 Å². The van der Waals surface area contributed by atoms with Gasteiger partial charge in [-0.2, -0.15) is 10.3 Å². The molecule has 0 spiro atoms. The van der Waals surface area contributed by atoms with E-state index in [0.717, 1.165) is 17.1 Å². The number of nitrogens with one attached hydrogen (secondary N) is 2. The molecule has 0 aliphatic heterocycles. The molecule has 10 nitrogen and oxygen atoms in total. The average Bonchev–Trinajstić information content (AvgIpc) is 3.40. The highest BCUT2D eigenvalue weighted by atomic mass is 16.1. The Balaban J connectivity index is 1.44. The van der Waals surface area contributed by atoms with E-state index in [-0.39, 0.29) is 5.91 Å². The summed E-state index contributed by atoms with van der Waals surface area (Å²) in [5, 5.41) is 20.7. The lowest BCUT2D eigenvalue weighted by molar-refractivity contribution is 0.102. The molecule has 3 aromatic heterocycles. The first-order valence-corrected chi connectivity index (χ1v) is 8.28. The van der Waals surface area contributed by atoms with Crippen LogP contribution in [0.3, 0.4) is 0 Å². The monoisotopic (exact) mass is 363 g/mol. The third-order valence-corrected chi connectivity index (χ3v) is 4.22. The number of H-pyrrole nitrogens is 1. The van der Waals surface area contributed by atoms with Crippen molar-refractivity contribution in [3.63, 3.8) is 0 Å². The number of hydrogen-bond acceptors (Lipinski definition) is 6. The summed E-state index contributed by atoms with van der Waals surface area (Å²) in [5.74, 6) is 0.204. The minimum absolute atomic E-state index is 0.288. The van der Waals surface area contributed by atoms with Gasteiger partial charge in [0, 0.05) is 23.3 Å². The van der Waals surface area contributed by atoms with Crippen LogP contribution in [-0.4, -0.2) is 45.9 Å². The zero-order valence-electron chi connectivity index (χ0n) is 14.8. The fourth-order valence-corrected chi connectivity index (χ4v) is 2.62. The number of aromatic amines is 1. The van der Waals surface area contributed by atoms with Crippen LogP contribution >= 0.6 is 0 Å². The van der Waals surface area contributed by atoms with Crippen molar-refractivity contribution in [2.24, 2.45) is 0 Å². The van der Waals surface area contributed by atoms with Gasteiger partial charge < -0.3 is 9.88 Å². The van der Waals surface area contributed by atoms with Gasteiger partial charge >= 0.3 is 0 Å². The largest absolute Gasteiger partial charge is 0.321 e. The third-order valence-electron chi connectivity index (χ3n) is 4.22. The van der Waals surface area contributed by atoms with Crippen LogP contribution < -0.4 is 5.32 Å². The second-order valence-electron chi connectivity index (χ2n) is 6.01. The second kappa shape index (κ2) is 6.83. The van der Waals surface area contributed by atoms with Gasteiger partial charge in [-0.3, -0.25) is 9.48 Å². The van der Waals surface area contributed by atoms with Crippen LogP contribution in [0.25, 0.3) is 5.69 Å². The Morgan fingerprint density at radius 1 is 1.19 bits per heavy atom. The Morgan fingerprint density at radius 2 is 2.00 bits per heavy atom. The van der Waals surface area contributed by atoms with E-state index < -0.39 is 0 Å². The molecular formula is C17H17N9O. The first kappa shape index (κ1) is 16.6. The smallest absolute Gasteiger partial charge is 0.276 e. The van der Waals surface area contributed by atoms with Crippen molar-refractivity contribution in [2.45, 2.75) is 20.4 Å². The molecule has 0 radical (unpaired) electrons. The van der Waals surface area contributed by atoms with Crippen LogP contribution in [0.5, 0.6) is 0 Å². The third kappa shape index (κ3) is 3.45. The van der Waals surface area contributed by atoms with Gasteiger partial charge in [-0.25, -0.2) is 4.98 Å². The number of aromatic nitrogens is 8. The molecule has 2 N–H and O–H groups in total.